The average molecular weight is 937 g/mol. The molecule has 0 aromatic rings. The molecule has 2 saturated heterocycles. The van der Waals surface area contributed by atoms with E-state index in [9.17, 15) is 45.3 Å². The molecule has 7 N–H and O–H groups in total. The van der Waals surface area contributed by atoms with Crippen molar-refractivity contribution in [1.82, 2.24) is 0 Å². The van der Waals surface area contributed by atoms with Crippen molar-refractivity contribution in [2.45, 2.75) is 210 Å². The predicted octanol–water partition coefficient (Wildman–Crippen LogP) is 6.26. The number of carbonyl (C=O) groups excluding carboxylic acids is 2. The molecule has 2 rings (SSSR count). The van der Waals surface area contributed by atoms with Crippen LogP contribution in [-0.2, 0) is 38.0 Å². The third-order valence-electron chi connectivity index (χ3n) is 11.4. The van der Waals surface area contributed by atoms with Crippen LogP contribution < -0.4 is 0 Å². The Kier molecular flexibility index (Phi) is 33.9. The Morgan fingerprint density at radius 2 is 1.02 bits per heavy atom. The molecular weight excluding hydrogens is 853 g/mol. The summed E-state index contributed by atoms with van der Waals surface area (Å²) in [6.07, 6.45) is 27.1. The highest BCUT2D eigenvalue weighted by molar-refractivity contribution is 5.82. The summed E-state index contributed by atoms with van der Waals surface area (Å²) in [4.78, 5) is 25.6. The number of esters is 2. The van der Waals surface area contributed by atoms with Crippen LogP contribution in [0.25, 0.3) is 0 Å². The highest BCUT2D eigenvalue weighted by Crippen LogP contribution is 2.26. The Hall–Kier alpha value is -3.06. The van der Waals surface area contributed by atoms with Gasteiger partial charge in [0.25, 0.3) is 0 Å². The minimum Gasteiger partial charge on any atom is -0.462 e. The first-order chi connectivity index (χ1) is 32.0. The van der Waals surface area contributed by atoms with Crippen molar-refractivity contribution < 1.29 is 73.8 Å². The molecule has 2 aliphatic rings. The van der Waals surface area contributed by atoms with Crippen molar-refractivity contribution in [2.75, 3.05) is 26.4 Å². The zero-order valence-electron chi connectivity index (χ0n) is 39.6. The van der Waals surface area contributed by atoms with Crippen molar-refractivity contribution in [3.05, 3.63) is 72.9 Å². The topological polar surface area (TPSA) is 231 Å². The normalized spacial score (nSPS) is 26.8. The molecule has 0 aromatic heterocycles. The van der Waals surface area contributed by atoms with Crippen LogP contribution >= 0.6 is 0 Å². The molecule has 0 saturated carbocycles. The highest BCUT2D eigenvalue weighted by Gasteiger charge is 2.47. The molecule has 0 radical (unpaired) electrons. The number of hydrogen-bond acceptors (Lipinski definition) is 15. The number of carbonyl (C=O) groups is 2. The molecule has 0 bridgehead atoms. The van der Waals surface area contributed by atoms with E-state index in [1.165, 1.54) is 63.9 Å². The number of hydrogen-bond donors (Lipinski definition) is 7. The maximum Gasteiger partial charge on any atom is 0.331 e. The maximum absolute atomic E-state index is 12.9. The van der Waals surface area contributed by atoms with E-state index in [-0.39, 0.29) is 13.0 Å². The van der Waals surface area contributed by atoms with E-state index in [1.54, 1.807) is 12.2 Å². The van der Waals surface area contributed by atoms with E-state index in [0.717, 1.165) is 57.8 Å². The molecule has 0 aliphatic carbocycles. The van der Waals surface area contributed by atoms with Crippen LogP contribution in [0, 0.1) is 0 Å². The Morgan fingerprint density at radius 1 is 0.530 bits per heavy atom. The zero-order valence-corrected chi connectivity index (χ0v) is 39.6. The predicted molar refractivity (Wildman–Crippen MR) is 252 cm³/mol. The summed E-state index contributed by atoms with van der Waals surface area (Å²) in [5, 5.41) is 72.0. The van der Waals surface area contributed by atoms with Gasteiger partial charge in [0.15, 0.2) is 18.7 Å². The molecule has 0 spiro atoms. The summed E-state index contributed by atoms with van der Waals surface area (Å²) in [6.45, 7) is 2.29. The first-order valence-corrected chi connectivity index (χ1v) is 24.6. The lowest BCUT2D eigenvalue weighted by atomic mass is 9.98. The molecule has 378 valence electrons. The molecule has 15 nitrogen and oxygen atoms in total. The van der Waals surface area contributed by atoms with Gasteiger partial charge in [-0.1, -0.05) is 164 Å². The lowest BCUT2D eigenvalue weighted by Gasteiger charge is -2.42. The maximum atomic E-state index is 12.9. The van der Waals surface area contributed by atoms with Crippen molar-refractivity contribution in [3.8, 4) is 0 Å². The Morgan fingerprint density at radius 3 is 1.59 bits per heavy atom. The smallest absolute Gasteiger partial charge is 0.331 e. The van der Waals surface area contributed by atoms with Gasteiger partial charge in [0.05, 0.1) is 19.8 Å². The molecule has 11 atom stereocenters. The van der Waals surface area contributed by atoms with Crippen LogP contribution in [-0.4, -0.2) is 142 Å². The molecule has 66 heavy (non-hydrogen) atoms. The number of ether oxygens (including phenoxy) is 6. The van der Waals surface area contributed by atoms with Gasteiger partial charge in [-0.25, -0.2) is 4.79 Å². The molecule has 4 unspecified atom stereocenters. The fourth-order valence-corrected chi connectivity index (χ4v) is 7.31. The Bertz CT molecular complexity index is 1430. The molecule has 0 amide bonds. The largest absolute Gasteiger partial charge is 0.462 e. The monoisotopic (exact) mass is 937 g/mol. The number of allylic oxidation sites excluding steroid dienone is 11. The highest BCUT2D eigenvalue weighted by atomic mass is 16.7. The standard InChI is InChI=1S/C51H84O15/c1-3-5-7-9-11-13-15-17-19-21-23-25-27-29-31-33-42(53)61-36-39(64-43(54)34-32-30-28-26-24-22-20-18-16-14-12-10-8-6-4-2)37-62-50-49(60)47(58)45(56)41(66-50)38-63-51-48(59)46(57)44(55)40(35-52)65-51/h5,7,9,11,13,15,17,19,28,30,32,34,39-41,44-52,55-60H,3-4,6,8,10,12,14,16,18,20-27,29,31,33,35-38H2,1-2H3/b7-5+,11-9+,15-13+,19-17+,30-28+,34-32+/t39-,40-,41-,44+,45+,46?,47?,48?,49?,50-,51-/m1/s1. The fourth-order valence-electron chi connectivity index (χ4n) is 7.31. The SMILES string of the molecule is CC/C=C/C=C/C=C/C=C/CCCCCCCC(=O)OC[C@H](CO[C@@H]1O[C@H](CO[C@@H]2O[C@H](CO)[C@H](O)C(O)C2O)[C@H](O)C(O)C1O)OC(=O)/C=C/C=C/CCCCCCCCCCCCC. The van der Waals surface area contributed by atoms with Crippen LogP contribution in [0.3, 0.4) is 0 Å². The molecule has 2 fully saturated rings. The quantitative estimate of drug-likeness (QED) is 0.0159. The second-order valence-electron chi connectivity index (χ2n) is 17.1. The first-order valence-electron chi connectivity index (χ1n) is 24.6. The van der Waals surface area contributed by atoms with Gasteiger partial charge in [-0.05, 0) is 38.5 Å². The molecule has 2 heterocycles. The third kappa shape index (κ3) is 25.9. The summed E-state index contributed by atoms with van der Waals surface area (Å²) in [6, 6.07) is 0. The van der Waals surface area contributed by atoms with Crippen LogP contribution in [0.1, 0.15) is 142 Å². The van der Waals surface area contributed by atoms with Gasteiger partial charge in [0.1, 0.15) is 55.4 Å². The minimum absolute atomic E-state index is 0.168. The van der Waals surface area contributed by atoms with Crippen LogP contribution in [0.15, 0.2) is 72.9 Å². The zero-order chi connectivity index (χ0) is 48.2. The van der Waals surface area contributed by atoms with Crippen LogP contribution in [0.4, 0.5) is 0 Å². The molecular formula is C51H84O15. The van der Waals surface area contributed by atoms with Gasteiger partial charge in [0.2, 0.25) is 0 Å². The lowest BCUT2D eigenvalue weighted by Crippen LogP contribution is -2.61. The van der Waals surface area contributed by atoms with Crippen LogP contribution in [0.5, 0.6) is 0 Å². The number of unbranched alkanes of at least 4 members (excludes halogenated alkanes) is 16. The minimum atomic E-state index is -1.79. The summed E-state index contributed by atoms with van der Waals surface area (Å²) in [5.41, 5.74) is 0. The third-order valence-corrected chi connectivity index (χ3v) is 11.4. The van der Waals surface area contributed by atoms with Gasteiger partial charge in [-0.15, -0.1) is 0 Å². The van der Waals surface area contributed by atoms with Gasteiger partial charge in [-0.2, -0.15) is 0 Å². The van der Waals surface area contributed by atoms with Gasteiger partial charge in [0, 0.05) is 12.5 Å². The van der Waals surface area contributed by atoms with Gasteiger partial charge in [-0.3, -0.25) is 4.79 Å². The average Bonchev–Trinajstić information content (AvgIpc) is 3.31. The van der Waals surface area contributed by atoms with E-state index >= 15 is 0 Å². The summed E-state index contributed by atoms with van der Waals surface area (Å²) >= 11 is 0. The molecule has 15 heteroatoms. The van der Waals surface area contributed by atoms with Crippen molar-refractivity contribution in [1.29, 1.82) is 0 Å². The van der Waals surface area contributed by atoms with E-state index in [1.807, 2.05) is 42.5 Å². The van der Waals surface area contributed by atoms with Gasteiger partial charge < -0.3 is 64.2 Å². The summed E-state index contributed by atoms with van der Waals surface area (Å²) in [7, 11) is 0. The van der Waals surface area contributed by atoms with Crippen molar-refractivity contribution >= 4 is 11.9 Å². The number of rotatable bonds is 36. The Labute approximate surface area is 393 Å². The Balaban J connectivity index is 1.88. The van der Waals surface area contributed by atoms with E-state index in [4.69, 9.17) is 28.4 Å². The second kappa shape index (κ2) is 37.9. The van der Waals surface area contributed by atoms with Crippen molar-refractivity contribution in [2.24, 2.45) is 0 Å². The first kappa shape index (κ1) is 59.1. The van der Waals surface area contributed by atoms with E-state index in [0.29, 0.717) is 6.42 Å². The fraction of sp³-hybridized carbons (Fsp3) is 0.725. The second-order valence-corrected chi connectivity index (χ2v) is 17.1. The van der Waals surface area contributed by atoms with Crippen LogP contribution in [0.2, 0.25) is 0 Å². The van der Waals surface area contributed by atoms with Crippen molar-refractivity contribution in [3.63, 3.8) is 0 Å². The molecule has 2 aliphatic heterocycles. The molecule has 0 aromatic carbocycles. The lowest BCUT2D eigenvalue weighted by molar-refractivity contribution is -0.332. The summed E-state index contributed by atoms with van der Waals surface area (Å²) < 4.78 is 33.3. The van der Waals surface area contributed by atoms with E-state index in [2.05, 4.69) is 26.0 Å². The number of aliphatic hydroxyl groups excluding tert-OH is 7. The number of aliphatic hydroxyl groups is 7. The van der Waals surface area contributed by atoms with E-state index < -0.39 is 99.3 Å². The van der Waals surface area contributed by atoms with Gasteiger partial charge >= 0.3 is 11.9 Å². The summed E-state index contributed by atoms with van der Waals surface area (Å²) in [5.74, 6) is -1.21.